The Labute approximate surface area is 100 Å². The van der Waals surface area contributed by atoms with Crippen molar-refractivity contribution in [2.24, 2.45) is 0 Å². The fourth-order valence-electron chi connectivity index (χ4n) is 1.65. The van der Waals surface area contributed by atoms with Gasteiger partial charge in [0.2, 0.25) is 0 Å². The number of H-pyrrole nitrogens is 1. The first-order chi connectivity index (χ1) is 8.43. The van der Waals surface area contributed by atoms with Crippen LogP contribution in [0.5, 0.6) is 0 Å². The van der Waals surface area contributed by atoms with Gasteiger partial charge >= 0.3 is 6.18 Å². The van der Waals surface area contributed by atoms with Crippen molar-refractivity contribution in [1.82, 2.24) is 14.8 Å². The topological polar surface area (TPSA) is 50.7 Å². The highest BCUT2D eigenvalue weighted by Crippen LogP contribution is 2.27. The third-order valence-electron chi connectivity index (χ3n) is 2.51. The maximum atomic E-state index is 12.4. The zero-order chi connectivity index (χ0) is 13.3. The van der Waals surface area contributed by atoms with Crippen molar-refractivity contribution in [3.8, 4) is 11.3 Å². The van der Waals surface area contributed by atoms with Crippen LogP contribution < -0.4 is 5.56 Å². The van der Waals surface area contributed by atoms with E-state index in [4.69, 9.17) is 0 Å². The molecular weight excluding hydrogens is 247 g/mol. The lowest BCUT2D eigenvalue weighted by Gasteiger charge is -2.08. The van der Waals surface area contributed by atoms with Crippen molar-refractivity contribution in [2.75, 3.05) is 0 Å². The van der Waals surface area contributed by atoms with Crippen LogP contribution in [0.1, 0.15) is 12.6 Å². The van der Waals surface area contributed by atoms with Crippen molar-refractivity contribution < 1.29 is 13.2 Å². The smallest absolute Gasteiger partial charge is 0.318 e. The number of aryl methyl sites for hydroxylation is 1. The van der Waals surface area contributed by atoms with Crippen molar-refractivity contribution in [2.45, 2.75) is 19.6 Å². The van der Waals surface area contributed by atoms with Gasteiger partial charge in [-0.15, -0.1) is 0 Å². The molecule has 0 aliphatic heterocycles. The van der Waals surface area contributed by atoms with Crippen LogP contribution in [0.3, 0.4) is 0 Å². The summed E-state index contributed by atoms with van der Waals surface area (Å²) >= 11 is 0. The third kappa shape index (κ3) is 2.15. The van der Waals surface area contributed by atoms with E-state index in [-0.39, 0.29) is 5.56 Å². The van der Waals surface area contributed by atoms with Gasteiger partial charge in [-0.1, -0.05) is 0 Å². The van der Waals surface area contributed by atoms with E-state index in [9.17, 15) is 18.0 Å². The minimum absolute atomic E-state index is 0.169. The number of aromatic amines is 1. The molecule has 0 spiro atoms. The number of nitrogens with one attached hydrogen (secondary N) is 1. The molecular formula is C11H10F3N3O. The molecule has 2 heterocycles. The van der Waals surface area contributed by atoms with Gasteiger partial charge in [-0.05, 0) is 25.1 Å². The standard InChI is InChI=1S/C11H10F3N3O/c1-2-17-8(5-6-15-17)7-3-4-9(11(12,13)14)16-10(7)18/h3-6H,2H2,1H3,(H,16,18). The Balaban J connectivity index is 2.52. The van der Waals surface area contributed by atoms with Crippen molar-refractivity contribution in [3.63, 3.8) is 0 Å². The summed E-state index contributed by atoms with van der Waals surface area (Å²) in [5.74, 6) is 0. The SMILES string of the molecule is CCn1nccc1-c1ccc(C(F)(F)F)[nH]c1=O. The van der Waals surface area contributed by atoms with Gasteiger partial charge in [-0.2, -0.15) is 18.3 Å². The Bertz CT molecular complexity index is 612. The summed E-state index contributed by atoms with van der Waals surface area (Å²) in [7, 11) is 0. The molecule has 0 amide bonds. The number of halogens is 3. The lowest BCUT2D eigenvalue weighted by molar-refractivity contribution is -0.141. The van der Waals surface area contributed by atoms with Crippen LogP contribution in [0, 0.1) is 0 Å². The lowest BCUT2D eigenvalue weighted by atomic mass is 10.2. The molecule has 7 heteroatoms. The fraction of sp³-hybridized carbons (Fsp3) is 0.273. The largest absolute Gasteiger partial charge is 0.431 e. The number of pyridine rings is 1. The first-order valence-electron chi connectivity index (χ1n) is 5.26. The van der Waals surface area contributed by atoms with Gasteiger partial charge in [0.05, 0.1) is 11.3 Å². The first kappa shape index (κ1) is 12.4. The Morgan fingerprint density at radius 2 is 2.06 bits per heavy atom. The van der Waals surface area contributed by atoms with Crippen LogP contribution >= 0.6 is 0 Å². The molecule has 0 aliphatic carbocycles. The number of rotatable bonds is 2. The highest BCUT2D eigenvalue weighted by atomic mass is 19.4. The van der Waals surface area contributed by atoms with Crippen molar-refractivity contribution >= 4 is 0 Å². The Kier molecular flexibility index (Phi) is 2.98. The summed E-state index contributed by atoms with van der Waals surface area (Å²) in [6.07, 6.45) is -3.06. The molecule has 2 rings (SSSR count). The highest BCUT2D eigenvalue weighted by Gasteiger charge is 2.32. The van der Waals surface area contributed by atoms with E-state index in [0.717, 1.165) is 12.1 Å². The maximum Gasteiger partial charge on any atom is 0.431 e. The molecule has 2 aromatic rings. The molecule has 0 aliphatic rings. The van der Waals surface area contributed by atoms with Crippen LogP contribution in [0.2, 0.25) is 0 Å². The van der Waals surface area contributed by atoms with Crippen LogP contribution in [0.4, 0.5) is 13.2 Å². The van der Waals surface area contributed by atoms with Crippen molar-refractivity contribution in [3.05, 3.63) is 40.4 Å². The van der Waals surface area contributed by atoms with Gasteiger partial charge in [0.25, 0.3) is 5.56 Å². The normalized spacial score (nSPS) is 11.8. The molecule has 0 fully saturated rings. The zero-order valence-electron chi connectivity index (χ0n) is 9.45. The summed E-state index contributed by atoms with van der Waals surface area (Å²) in [5, 5.41) is 3.97. The Hall–Kier alpha value is -2.05. The monoisotopic (exact) mass is 257 g/mol. The fourth-order valence-corrected chi connectivity index (χ4v) is 1.65. The number of nitrogens with zero attached hydrogens (tertiary/aromatic N) is 2. The first-order valence-corrected chi connectivity index (χ1v) is 5.26. The van der Waals surface area contributed by atoms with Crippen LogP contribution in [0.25, 0.3) is 11.3 Å². The van der Waals surface area contributed by atoms with E-state index in [0.29, 0.717) is 12.2 Å². The Morgan fingerprint density at radius 3 is 2.61 bits per heavy atom. The quantitative estimate of drug-likeness (QED) is 0.897. The molecule has 4 nitrogen and oxygen atoms in total. The average molecular weight is 257 g/mol. The second-order valence-corrected chi connectivity index (χ2v) is 3.64. The van der Waals surface area contributed by atoms with Gasteiger partial charge in [-0.3, -0.25) is 9.48 Å². The summed E-state index contributed by atoms with van der Waals surface area (Å²) < 4.78 is 38.7. The summed E-state index contributed by atoms with van der Waals surface area (Å²) in [4.78, 5) is 13.5. The molecule has 96 valence electrons. The number of hydrogen-bond acceptors (Lipinski definition) is 2. The van der Waals surface area contributed by atoms with Crippen LogP contribution in [0.15, 0.2) is 29.2 Å². The number of alkyl halides is 3. The van der Waals surface area contributed by atoms with Gasteiger partial charge < -0.3 is 4.98 Å². The summed E-state index contributed by atoms with van der Waals surface area (Å²) in [6.45, 7) is 2.36. The minimum Gasteiger partial charge on any atom is -0.318 e. The molecule has 0 saturated carbocycles. The molecule has 0 radical (unpaired) electrons. The molecule has 0 aromatic carbocycles. The number of hydrogen-bond donors (Lipinski definition) is 1. The summed E-state index contributed by atoms with van der Waals surface area (Å²) in [5.41, 5.74) is -1.17. The predicted molar refractivity (Wildman–Crippen MR) is 59.0 cm³/mol. The third-order valence-corrected chi connectivity index (χ3v) is 2.51. The predicted octanol–water partition coefficient (Wildman–Crippen LogP) is 2.28. The summed E-state index contributed by atoms with van der Waals surface area (Å²) in [6, 6.07) is 3.59. The molecule has 0 atom stereocenters. The zero-order valence-corrected chi connectivity index (χ0v) is 9.45. The van der Waals surface area contributed by atoms with E-state index < -0.39 is 17.4 Å². The maximum absolute atomic E-state index is 12.4. The van der Waals surface area contributed by atoms with Crippen LogP contribution in [-0.4, -0.2) is 14.8 Å². The minimum atomic E-state index is -4.55. The average Bonchev–Trinajstić information content (AvgIpc) is 2.75. The molecule has 0 saturated heterocycles. The second-order valence-electron chi connectivity index (χ2n) is 3.64. The van der Waals surface area contributed by atoms with E-state index in [1.54, 1.807) is 6.07 Å². The van der Waals surface area contributed by atoms with Crippen LogP contribution in [-0.2, 0) is 12.7 Å². The lowest BCUT2D eigenvalue weighted by Crippen LogP contribution is -2.18. The highest BCUT2D eigenvalue weighted by molar-refractivity contribution is 5.58. The van der Waals surface area contributed by atoms with Crippen molar-refractivity contribution in [1.29, 1.82) is 0 Å². The molecule has 1 N–H and O–H groups in total. The van der Waals surface area contributed by atoms with E-state index in [1.807, 2.05) is 11.9 Å². The van der Waals surface area contributed by atoms with Gasteiger partial charge in [0.1, 0.15) is 5.69 Å². The molecule has 0 bridgehead atoms. The molecule has 0 unspecified atom stereocenters. The molecule has 18 heavy (non-hydrogen) atoms. The second kappa shape index (κ2) is 4.32. The number of aromatic nitrogens is 3. The van der Waals surface area contributed by atoms with E-state index in [2.05, 4.69) is 5.10 Å². The van der Waals surface area contributed by atoms with E-state index in [1.165, 1.54) is 10.9 Å². The van der Waals surface area contributed by atoms with Gasteiger partial charge in [-0.25, -0.2) is 0 Å². The van der Waals surface area contributed by atoms with Gasteiger partial charge in [0.15, 0.2) is 0 Å². The van der Waals surface area contributed by atoms with E-state index >= 15 is 0 Å². The Morgan fingerprint density at radius 1 is 1.33 bits per heavy atom. The molecule has 2 aromatic heterocycles. The van der Waals surface area contributed by atoms with Gasteiger partial charge in [0, 0.05) is 12.7 Å².